The first-order valence-corrected chi connectivity index (χ1v) is 11.8. The van der Waals surface area contributed by atoms with E-state index in [1.165, 1.54) is 29.4 Å². The summed E-state index contributed by atoms with van der Waals surface area (Å²) >= 11 is 0. The van der Waals surface area contributed by atoms with Crippen LogP contribution in [0.4, 0.5) is 15.8 Å². The summed E-state index contributed by atoms with van der Waals surface area (Å²) in [6.07, 6.45) is 3.73. The minimum atomic E-state index is -0.947. The van der Waals surface area contributed by atoms with Gasteiger partial charge in [-0.3, -0.25) is 14.5 Å². The molecule has 0 saturated carbocycles. The van der Waals surface area contributed by atoms with Crippen LogP contribution >= 0.6 is 0 Å². The first kappa shape index (κ1) is 22.9. The number of furan rings is 1. The standard InChI is InChI=1S/C28H27FN2O4/c1-17-11-13-30(14-12-17)20-6-8-21(9-7-20)31-25(23-4-3-15-35-23)24(27(33)28(31)34)26(32)19-5-10-22(29)18(2)16-19/h3-10,15-17,25,32H,11-14H2,1-2H3/b26-24-. The summed E-state index contributed by atoms with van der Waals surface area (Å²) in [5, 5.41) is 11.1. The summed E-state index contributed by atoms with van der Waals surface area (Å²) in [4.78, 5) is 30.1. The highest BCUT2D eigenvalue weighted by molar-refractivity contribution is 6.51. The van der Waals surface area contributed by atoms with Crippen LogP contribution in [0, 0.1) is 18.7 Å². The number of Topliss-reactive ketones (excluding diaryl/α,β-unsaturated/α-hetero) is 1. The van der Waals surface area contributed by atoms with Crippen molar-refractivity contribution in [1.82, 2.24) is 0 Å². The lowest BCUT2D eigenvalue weighted by Gasteiger charge is -2.32. The average Bonchev–Trinajstić information content (AvgIpc) is 3.48. The lowest BCUT2D eigenvalue weighted by atomic mass is 9.98. The van der Waals surface area contributed by atoms with Crippen LogP contribution in [-0.4, -0.2) is 29.9 Å². The zero-order valence-electron chi connectivity index (χ0n) is 19.7. The van der Waals surface area contributed by atoms with Crippen LogP contribution in [-0.2, 0) is 9.59 Å². The Hall–Kier alpha value is -3.87. The second kappa shape index (κ2) is 9.06. The molecule has 2 saturated heterocycles. The number of carbonyl (C=O) groups is 2. The Morgan fingerprint density at radius 2 is 1.71 bits per heavy atom. The summed E-state index contributed by atoms with van der Waals surface area (Å²) in [7, 11) is 0. The van der Waals surface area contributed by atoms with Crippen molar-refractivity contribution < 1.29 is 23.5 Å². The highest BCUT2D eigenvalue weighted by Gasteiger charge is 2.48. The number of amides is 1. The molecule has 1 atom stereocenters. The fourth-order valence-electron chi connectivity index (χ4n) is 4.85. The van der Waals surface area contributed by atoms with Crippen LogP contribution in [0.2, 0.25) is 0 Å². The number of aryl methyl sites for hydroxylation is 1. The van der Waals surface area contributed by atoms with Crippen molar-refractivity contribution in [1.29, 1.82) is 0 Å². The number of aliphatic hydroxyl groups is 1. The lowest BCUT2D eigenvalue weighted by Crippen LogP contribution is -2.33. The van der Waals surface area contributed by atoms with Crippen molar-refractivity contribution in [2.24, 2.45) is 5.92 Å². The van der Waals surface area contributed by atoms with Crippen LogP contribution in [0.1, 0.15) is 42.7 Å². The van der Waals surface area contributed by atoms with E-state index in [0.29, 0.717) is 17.0 Å². The third-order valence-corrected chi connectivity index (χ3v) is 6.97. The molecule has 7 heteroatoms. The Kier molecular flexibility index (Phi) is 5.93. The molecule has 35 heavy (non-hydrogen) atoms. The predicted molar refractivity (Wildman–Crippen MR) is 132 cm³/mol. The number of hydrogen-bond acceptors (Lipinski definition) is 5. The third kappa shape index (κ3) is 4.11. The Morgan fingerprint density at radius 3 is 2.34 bits per heavy atom. The molecule has 0 radical (unpaired) electrons. The van der Waals surface area contributed by atoms with Gasteiger partial charge >= 0.3 is 0 Å². The van der Waals surface area contributed by atoms with Crippen LogP contribution in [0.25, 0.3) is 5.76 Å². The smallest absolute Gasteiger partial charge is 0.300 e. The summed E-state index contributed by atoms with van der Waals surface area (Å²) < 4.78 is 19.4. The number of benzene rings is 2. The van der Waals surface area contributed by atoms with Gasteiger partial charge in [-0.25, -0.2) is 4.39 Å². The van der Waals surface area contributed by atoms with E-state index >= 15 is 0 Å². The molecule has 1 amide bonds. The molecule has 180 valence electrons. The van der Waals surface area contributed by atoms with Gasteiger partial charge in [-0.05, 0) is 85.8 Å². The fourth-order valence-corrected chi connectivity index (χ4v) is 4.85. The van der Waals surface area contributed by atoms with Gasteiger partial charge in [-0.15, -0.1) is 0 Å². The molecule has 2 aliphatic heterocycles. The van der Waals surface area contributed by atoms with E-state index in [0.717, 1.165) is 37.5 Å². The number of hydrogen-bond donors (Lipinski definition) is 1. The molecule has 2 aromatic carbocycles. The monoisotopic (exact) mass is 474 g/mol. The van der Waals surface area contributed by atoms with Crippen molar-refractivity contribution in [2.45, 2.75) is 32.7 Å². The maximum atomic E-state index is 13.8. The molecule has 5 rings (SSSR count). The van der Waals surface area contributed by atoms with Gasteiger partial charge in [0, 0.05) is 30.0 Å². The minimum absolute atomic E-state index is 0.0925. The topological polar surface area (TPSA) is 74.0 Å². The number of anilines is 2. The van der Waals surface area contributed by atoms with Crippen LogP contribution < -0.4 is 9.80 Å². The maximum absolute atomic E-state index is 13.8. The van der Waals surface area contributed by atoms with Gasteiger partial charge in [0.25, 0.3) is 11.7 Å². The first-order valence-electron chi connectivity index (χ1n) is 11.8. The zero-order chi connectivity index (χ0) is 24.7. The summed E-state index contributed by atoms with van der Waals surface area (Å²) in [6, 6.07) is 14.0. The number of piperidine rings is 1. The average molecular weight is 475 g/mol. The molecule has 1 N–H and O–H groups in total. The molecule has 3 heterocycles. The molecule has 3 aromatic rings. The van der Waals surface area contributed by atoms with E-state index in [1.807, 2.05) is 24.3 Å². The molecule has 6 nitrogen and oxygen atoms in total. The number of carbonyl (C=O) groups excluding carboxylic acids is 2. The second-order valence-electron chi connectivity index (χ2n) is 9.33. The highest BCUT2D eigenvalue weighted by Crippen LogP contribution is 2.42. The highest BCUT2D eigenvalue weighted by atomic mass is 19.1. The van der Waals surface area contributed by atoms with Gasteiger partial charge in [0.05, 0.1) is 11.8 Å². The van der Waals surface area contributed by atoms with E-state index in [4.69, 9.17) is 4.42 Å². The molecule has 1 aromatic heterocycles. The molecule has 2 aliphatic rings. The first-order chi connectivity index (χ1) is 16.8. The maximum Gasteiger partial charge on any atom is 0.300 e. The number of nitrogens with zero attached hydrogens (tertiary/aromatic N) is 2. The molecule has 0 aliphatic carbocycles. The van der Waals surface area contributed by atoms with Gasteiger partial charge in [0.1, 0.15) is 23.4 Å². The van der Waals surface area contributed by atoms with Gasteiger partial charge in [-0.2, -0.15) is 0 Å². The third-order valence-electron chi connectivity index (χ3n) is 6.97. The summed E-state index contributed by atoms with van der Waals surface area (Å²) in [5.41, 5.74) is 2.07. The Bertz CT molecular complexity index is 1290. The van der Waals surface area contributed by atoms with Crippen molar-refractivity contribution in [3.05, 3.63) is 89.1 Å². The van der Waals surface area contributed by atoms with Gasteiger partial charge in [0.15, 0.2) is 0 Å². The lowest BCUT2D eigenvalue weighted by molar-refractivity contribution is -0.132. The Morgan fingerprint density at radius 1 is 1.03 bits per heavy atom. The predicted octanol–water partition coefficient (Wildman–Crippen LogP) is 5.59. The van der Waals surface area contributed by atoms with Crippen LogP contribution in [0.15, 0.2) is 70.9 Å². The minimum Gasteiger partial charge on any atom is -0.507 e. The van der Waals surface area contributed by atoms with Crippen molar-refractivity contribution in [2.75, 3.05) is 22.9 Å². The van der Waals surface area contributed by atoms with Gasteiger partial charge < -0.3 is 14.4 Å². The van der Waals surface area contributed by atoms with E-state index in [9.17, 15) is 19.1 Å². The molecular weight excluding hydrogens is 447 g/mol. The number of rotatable bonds is 4. The zero-order valence-corrected chi connectivity index (χ0v) is 19.7. The van der Waals surface area contributed by atoms with E-state index in [1.54, 1.807) is 19.1 Å². The SMILES string of the molecule is Cc1cc(/C(O)=C2/C(=O)C(=O)N(c3ccc(N4CCC(C)CC4)cc3)C2c2ccco2)ccc1F. The number of aliphatic hydroxyl groups excluding tert-OH is 1. The van der Waals surface area contributed by atoms with Gasteiger partial charge in [-0.1, -0.05) is 6.92 Å². The molecule has 0 spiro atoms. The van der Waals surface area contributed by atoms with E-state index < -0.39 is 23.5 Å². The summed E-state index contributed by atoms with van der Waals surface area (Å²) in [6.45, 7) is 5.79. The van der Waals surface area contributed by atoms with E-state index in [2.05, 4.69) is 11.8 Å². The normalized spacial score (nSPS) is 20.6. The molecule has 0 bridgehead atoms. The fraction of sp³-hybridized carbons (Fsp3) is 0.286. The van der Waals surface area contributed by atoms with Crippen molar-refractivity contribution >= 4 is 28.8 Å². The van der Waals surface area contributed by atoms with Crippen molar-refractivity contribution in [3.8, 4) is 0 Å². The quantitative estimate of drug-likeness (QED) is 0.303. The van der Waals surface area contributed by atoms with Crippen molar-refractivity contribution in [3.63, 3.8) is 0 Å². The molecule has 2 fully saturated rings. The molecule has 1 unspecified atom stereocenters. The Labute approximate surface area is 203 Å². The van der Waals surface area contributed by atoms with Crippen LogP contribution in [0.5, 0.6) is 0 Å². The second-order valence-corrected chi connectivity index (χ2v) is 9.33. The molecular formula is C28H27FN2O4. The Balaban J connectivity index is 1.55. The van der Waals surface area contributed by atoms with Crippen LogP contribution in [0.3, 0.4) is 0 Å². The van der Waals surface area contributed by atoms with Gasteiger partial charge in [0.2, 0.25) is 0 Å². The largest absolute Gasteiger partial charge is 0.507 e. The number of ketones is 1. The van der Waals surface area contributed by atoms with E-state index in [-0.39, 0.29) is 16.9 Å². The summed E-state index contributed by atoms with van der Waals surface area (Å²) in [5.74, 6) is -1.30. The number of halogens is 1.